The smallest absolute Gasteiger partial charge is 0.0811 e. The van der Waals surface area contributed by atoms with Gasteiger partial charge in [-0.1, -0.05) is 127 Å². The van der Waals surface area contributed by atoms with E-state index in [2.05, 4.69) is 140 Å². The van der Waals surface area contributed by atoms with E-state index in [4.69, 9.17) is 9.98 Å². The second-order valence-electron chi connectivity index (χ2n) is 8.67. The molecule has 0 aliphatic rings. The molecule has 0 fully saturated rings. The zero-order valence-corrected chi connectivity index (χ0v) is 22.6. The first kappa shape index (κ1) is 25.2. The summed E-state index contributed by atoms with van der Waals surface area (Å²) in [6, 6.07) is 49.6. The van der Waals surface area contributed by atoms with Gasteiger partial charge in [0.1, 0.15) is 0 Å². The van der Waals surface area contributed by atoms with Gasteiger partial charge in [-0.3, -0.25) is 9.98 Å². The lowest BCUT2D eigenvalue weighted by Gasteiger charge is -2.18. The maximum atomic E-state index is 4.97. The molecular weight excluding hydrogens is 486 g/mol. The Morgan fingerprint density at radius 2 is 0.973 bits per heavy atom. The maximum absolute atomic E-state index is 4.97. The molecule has 0 aliphatic heterocycles. The standard InChI is InChI=1S/C33H30N2P2/c1-5-16-30(17-6-1)36(31-18-7-2-8-19-31)25-24-34-26-28-14-13-15-29(35-28)27-37(32-20-9-3-10-21-32)33-22-11-4-12-23-33/h1-23,26H,24-25,27H2/b34-26+. The lowest BCUT2D eigenvalue weighted by Crippen LogP contribution is -2.15. The van der Waals surface area contributed by atoms with Gasteiger partial charge in [0.05, 0.1) is 5.69 Å². The molecule has 2 nitrogen and oxygen atoms in total. The fraction of sp³-hybridized carbons (Fsp3) is 0.0909. The van der Waals surface area contributed by atoms with E-state index in [0.717, 1.165) is 30.3 Å². The Labute approximate surface area is 222 Å². The van der Waals surface area contributed by atoms with Crippen molar-refractivity contribution in [2.24, 2.45) is 4.99 Å². The Balaban J connectivity index is 1.29. The highest BCUT2D eigenvalue weighted by atomic mass is 31.1. The van der Waals surface area contributed by atoms with E-state index < -0.39 is 15.8 Å². The molecule has 0 amide bonds. The van der Waals surface area contributed by atoms with Crippen molar-refractivity contribution in [1.82, 2.24) is 4.98 Å². The van der Waals surface area contributed by atoms with E-state index in [1.54, 1.807) is 0 Å². The van der Waals surface area contributed by atoms with E-state index in [1.807, 2.05) is 6.21 Å². The van der Waals surface area contributed by atoms with Gasteiger partial charge < -0.3 is 0 Å². The van der Waals surface area contributed by atoms with E-state index in [0.29, 0.717) is 0 Å². The summed E-state index contributed by atoms with van der Waals surface area (Å²) in [6.45, 7) is 0.780. The quantitative estimate of drug-likeness (QED) is 0.159. The van der Waals surface area contributed by atoms with Crippen LogP contribution in [-0.2, 0) is 6.16 Å². The van der Waals surface area contributed by atoms with Crippen molar-refractivity contribution >= 4 is 43.3 Å². The van der Waals surface area contributed by atoms with Crippen molar-refractivity contribution < 1.29 is 0 Å². The molecule has 0 N–H and O–H groups in total. The van der Waals surface area contributed by atoms with E-state index in [1.165, 1.54) is 21.2 Å². The molecule has 0 saturated heterocycles. The molecule has 1 heterocycles. The van der Waals surface area contributed by atoms with Gasteiger partial charge in [0.25, 0.3) is 0 Å². The minimum absolute atomic E-state index is 0.432. The Kier molecular flexibility index (Phi) is 9.00. The van der Waals surface area contributed by atoms with Gasteiger partial charge >= 0.3 is 0 Å². The highest BCUT2D eigenvalue weighted by molar-refractivity contribution is 7.73. The fourth-order valence-corrected chi connectivity index (χ4v) is 8.73. The summed E-state index contributed by atoms with van der Waals surface area (Å²) in [5.41, 5.74) is 2.04. The van der Waals surface area contributed by atoms with Crippen molar-refractivity contribution in [1.29, 1.82) is 0 Å². The molecule has 5 aromatic rings. The lowest BCUT2D eigenvalue weighted by atomic mass is 10.3. The molecule has 5 rings (SSSR count). The highest BCUT2D eigenvalue weighted by Gasteiger charge is 2.15. The number of aromatic nitrogens is 1. The minimum atomic E-state index is -0.520. The normalized spacial score (nSPS) is 11.4. The third-order valence-electron chi connectivity index (χ3n) is 6.10. The van der Waals surface area contributed by atoms with E-state index in [-0.39, 0.29) is 0 Å². The Hall–Kier alpha value is -3.44. The summed E-state index contributed by atoms with van der Waals surface area (Å²) in [7, 11) is -0.953. The first-order chi connectivity index (χ1) is 18.4. The third-order valence-corrected chi connectivity index (χ3v) is 11.1. The predicted octanol–water partition coefficient (Wildman–Crippen LogP) is 6.27. The summed E-state index contributed by atoms with van der Waals surface area (Å²) in [4.78, 5) is 9.77. The molecule has 0 unspecified atom stereocenters. The van der Waals surface area contributed by atoms with Crippen molar-refractivity contribution in [2.45, 2.75) is 6.16 Å². The van der Waals surface area contributed by atoms with Crippen molar-refractivity contribution in [3.63, 3.8) is 0 Å². The van der Waals surface area contributed by atoms with Gasteiger partial charge in [0, 0.05) is 24.6 Å². The van der Waals surface area contributed by atoms with Gasteiger partial charge in [-0.25, -0.2) is 0 Å². The lowest BCUT2D eigenvalue weighted by molar-refractivity contribution is 1.12. The van der Waals surface area contributed by atoms with E-state index >= 15 is 0 Å². The minimum Gasteiger partial charge on any atom is -0.291 e. The molecule has 4 heteroatoms. The topological polar surface area (TPSA) is 25.2 Å². The summed E-state index contributed by atoms with van der Waals surface area (Å²) < 4.78 is 0. The van der Waals surface area contributed by atoms with Crippen LogP contribution in [0.5, 0.6) is 0 Å². The summed E-state index contributed by atoms with van der Waals surface area (Å²) in [6.07, 6.45) is 3.88. The molecular formula is C33H30N2P2. The molecule has 1 aromatic heterocycles. The molecule has 0 aliphatic carbocycles. The van der Waals surface area contributed by atoms with Gasteiger partial charge in [0.15, 0.2) is 0 Å². The summed E-state index contributed by atoms with van der Waals surface area (Å²) in [5, 5.41) is 5.54. The maximum Gasteiger partial charge on any atom is 0.0811 e. The number of aliphatic imine (C=N–C) groups is 1. The largest absolute Gasteiger partial charge is 0.291 e. The molecule has 0 bridgehead atoms. The summed E-state index contributed by atoms with van der Waals surface area (Å²) >= 11 is 0. The van der Waals surface area contributed by atoms with Crippen LogP contribution in [0.2, 0.25) is 0 Å². The van der Waals surface area contributed by atoms with Crippen molar-refractivity contribution in [3.8, 4) is 0 Å². The zero-order chi connectivity index (χ0) is 25.1. The van der Waals surface area contributed by atoms with Crippen LogP contribution in [0.1, 0.15) is 11.4 Å². The Morgan fingerprint density at radius 3 is 1.46 bits per heavy atom. The Morgan fingerprint density at radius 1 is 0.514 bits per heavy atom. The SMILES string of the molecule is C(=N\CCP(c1ccccc1)c1ccccc1)/c1cccc(CP(c2ccccc2)c2ccccc2)n1. The molecule has 0 saturated carbocycles. The molecule has 4 aromatic carbocycles. The van der Waals surface area contributed by atoms with Crippen molar-refractivity contribution in [3.05, 3.63) is 151 Å². The van der Waals surface area contributed by atoms with Crippen molar-refractivity contribution in [2.75, 3.05) is 12.7 Å². The average Bonchev–Trinajstić information content (AvgIpc) is 2.98. The molecule has 182 valence electrons. The van der Waals surface area contributed by atoms with Gasteiger partial charge in [-0.15, -0.1) is 0 Å². The van der Waals surface area contributed by atoms with Gasteiger partial charge in [-0.2, -0.15) is 0 Å². The van der Waals surface area contributed by atoms with Crippen LogP contribution in [0.15, 0.2) is 145 Å². The van der Waals surface area contributed by atoms with Crippen LogP contribution < -0.4 is 21.2 Å². The van der Waals surface area contributed by atoms with Crippen LogP contribution in [-0.4, -0.2) is 23.9 Å². The number of nitrogens with zero attached hydrogens (tertiary/aromatic N) is 2. The van der Waals surface area contributed by atoms with Crippen LogP contribution in [0.4, 0.5) is 0 Å². The van der Waals surface area contributed by atoms with Crippen LogP contribution in [0.3, 0.4) is 0 Å². The van der Waals surface area contributed by atoms with E-state index in [9.17, 15) is 0 Å². The number of pyridine rings is 1. The average molecular weight is 517 g/mol. The first-order valence-corrected chi connectivity index (χ1v) is 15.6. The van der Waals surface area contributed by atoms with Gasteiger partial charge in [0.2, 0.25) is 0 Å². The van der Waals surface area contributed by atoms with Crippen LogP contribution in [0, 0.1) is 0 Å². The van der Waals surface area contributed by atoms with Gasteiger partial charge in [-0.05, 0) is 55.4 Å². The first-order valence-electron chi connectivity index (χ1n) is 12.6. The predicted molar refractivity (Wildman–Crippen MR) is 163 cm³/mol. The zero-order valence-electron chi connectivity index (χ0n) is 20.8. The Bertz CT molecular complexity index is 1310. The number of hydrogen-bond donors (Lipinski definition) is 0. The molecule has 0 radical (unpaired) electrons. The molecule has 0 spiro atoms. The fourth-order valence-electron chi connectivity index (χ4n) is 4.31. The second kappa shape index (κ2) is 13.2. The van der Waals surface area contributed by atoms with Crippen LogP contribution >= 0.6 is 15.8 Å². The molecule has 37 heavy (non-hydrogen) atoms. The number of hydrogen-bond acceptors (Lipinski definition) is 2. The highest BCUT2D eigenvalue weighted by Crippen LogP contribution is 2.37. The number of benzene rings is 4. The second-order valence-corrected chi connectivity index (χ2v) is 13.2. The monoisotopic (exact) mass is 516 g/mol. The molecule has 0 atom stereocenters. The third kappa shape index (κ3) is 7.07. The van der Waals surface area contributed by atoms with Crippen LogP contribution in [0.25, 0.3) is 0 Å². The summed E-state index contributed by atoms with van der Waals surface area (Å²) in [5.74, 6) is 0. The number of rotatable bonds is 10.